The van der Waals surface area contributed by atoms with Gasteiger partial charge in [-0.3, -0.25) is 4.90 Å². The molecule has 1 heterocycles. The summed E-state index contributed by atoms with van der Waals surface area (Å²) in [6.07, 6.45) is -0.348. The Bertz CT molecular complexity index is 600. The van der Waals surface area contributed by atoms with Crippen LogP contribution in [0.4, 0.5) is 4.79 Å². The van der Waals surface area contributed by atoms with E-state index in [-0.39, 0.29) is 6.09 Å². The standard InChI is InChI=1S/C14H20N4O2/c1-5-17(13(19)20-14(2,3)4)10-18-12-9-7-6-8-11(12)15-16-18/h6-9H,5,10H2,1-4H3. The van der Waals surface area contributed by atoms with E-state index in [1.807, 2.05) is 52.0 Å². The first-order chi connectivity index (χ1) is 9.40. The quantitative estimate of drug-likeness (QED) is 0.864. The summed E-state index contributed by atoms with van der Waals surface area (Å²) in [6.45, 7) is 8.33. The van der Waals surface area contributed by atoms with Crippen LogP contribution in [-0.4, -0.2) is 38.1 Å². The van der Waals surface area contributed by atoms with Gasteiger partial charge >= 0.3 is 6.09 Å². The van der Waals surface area contributed by atoms with Crippen LogP contribution in [-0.2, 0) is 11.4 Å². The van der Waals surface area contributed by atoms with Crippen LogP contribution in [0.25, 0.3) is 11.0 Å². The molecule has 0 N–H and O–H groups in total. The molecule has 2 rings (SSSR count). The van der Waals surface area contributed by atoms with E-state index in [1.54, 1.807) is 9.58 Å². The zero-order valence-electron chi connectivity index (χ0n) is 12.3. The minimum absolute atomic E-state index is 0.325. The Morgan fingerprint density at radius 1 is 1.35 bits per heavy atom. The van der Waals surface area contributed by atoms with Crippen molar-refractivity contribution in [2.24, 2.45) is 0 Å². The van der Waals surface area contributed by atoms with Gasteiger partial charge in [0.05, 0.1) is 5.52 Å². The minimum atomic E-state index is -0.505. The largest absolute Gasteiger partial charge is 0.444 e. The summed E-state index contributed by atoms with van der Waals surface area (Å²) in [6, 6.07) is 7.65. The van der Waals surface area contributed by atoms with Crippen LogP contribution in [0.2, 0.25) is 0 Å². The van der Waals surface area contributed by atoms with Gasteiger partial charge in [0, 0.05) is 6.54 Å². The maximum absolute atomic E-state index is 12.1. The van der Waals surface area contributed by atoms with Gasteiger partial charge in [-0.1, -0.05) is 17.3 Å². The molecule has 0 atom stereocenters. The number of benzene rings is 1. The third-order valence-corrected chi connectivity index (χ3v) is 2.76. The molecule has 0 spiro atoms. The van der Waals surface area contributed by atoms with Crippen LogP contribution in [0.3, 0.4) is 0 Å². The second-order valence-electron chi connectivity index (χ2n) is 5.56. The minimum Gasteiger partial charge on any atom is -0.444 e. The summed E-state index contributed by atoms with van der Waals surface area (Å²) in [7, 11) is 0. The average Bonchev–Trinajstić information content (AvgIpc) is 2.77. The maximum Gasteiger partial charge on any atom is 0.411 e. The lowest BCUT2D eigenvalue weighted by Crippen LogP contribution is -2.38. The van der Waals surface area contributed by atoms with Gasteiger partial charge in [0.1, 0.15) is 17.8 Å². The van der Waals surface area contributed by atoms with Gasteiger partial charge in [-0.25, -0.2) is 9.48 Å². The molecule has 0 aliphatic rings. The lowest BCUT2D eigenvalue weighted by molar-refractivity contribution is 0.0193. The summed E-state index contributed by atoms with van der Waals surface area (Å²) in [5, 5.41) is 8.15. The molecular formula is C14H20N4O2. The Labute approximate surface area is 118 Å². The molecule has 2 aromatic rings. The van der Waals surface area contributed by atoms with Crippen LogP contribution >= 0.6 is 0 Å². The van der Waals surface area contributed by atoms with E-state index < -0.39 is 5.60 Å². The smallest absolute Gasteiger partial charge is 0.411 e. The highest BCUT2D eigenvalue weighted by Gasteiger charge is 2.21. The fourth-order valence-electron chi connectivity index (χ4n) is 1.80. The van der Waals surface area contributed by atoms with Gasteiger partial charge in [-0.2, -0.15) is 0 Å². The van der Waals surface area contributed by atoms with Crippen molar-refractivity contribution in [2.45, 2.75) is 40.0 Å². The van der Waals surface area contributed by atoms with Crippen molar-refractivity contribution in [2.75, 3.05) is 6.54 Å². The van der Waals surface area contributed by atoms with E-state index in [0.29, 0.717) is 13.2 Å². The number of hydrogen-bond acceptors (Lipinski definition) is 4. The number of aromatic nitrogens is 3. The van der Waals surface area contributed by atoms with Crippen molar-refractivity contribution >= 4 is 17.1 Å². The van der Waals surface area contributed by atoms with Crippen molar-refractivity contribution < 1.29 is 9.53 Å². The molecule has 0 aliphatic heterocycles. The summed E-state index contributed by atoms with van der Waals surface area (Å²) < 4.78 is 7.07. The van der Waals surface area contributed by atoms with Gasteiger partial charge in [0.15, 0.2) is 0 Å². The molecule has 1 amide bonds. The molecule has 0 saturated carbocycles. The fourth-order valence-corrected chi connectivity index (χ4v) is 1.80. The molecule has 108 valence electrons. The third kappa shape index (κ3) is 3.26. The van der Waals surface area contributed by atoms with Gasteiger partial charge in [-0.15, -0.1) is 5.10 Å². The summed E-state index contributed by atoms with van der Waals surface area (Å²) in [5.41, 5.74) is 1.21. The predicted octanol–water partition coefficient (Wildman–Crippen LogP) is 2.65. The van der Waals surface area contributed by atoms with Crippen molar-refractivity contribution in [3.63, 3.8) is 0 Å². The molecular weight excluding hydrogens is 256 g/mol. The first kappa shape index (κ1) is 14.3. The van der Waals surface area contributed by atoms with Crippen LogP contribution in [0.5, 0.6) is 0 Å². The lowest BCUT2D eigenvalue weighted by Gasteiger charge is -2.26. The van der Waals surface area contributed by atoms with Crippen molar-refractivity contribution in [3.8, 4) is 0 Å². The number of carbonyl (C=O) groups excluding carboxylic acids is 1. The molecule has 0 aliphatic carbocycles. The topological polar surface area (TPSA) is 60.2 Å². The first-order valence-corrected chi connectivity index (χ1v) is 6.67. The molecule has 0 bridgehead atoms. The third-order valence-electron chi connectivity index (χ3n) is 2.76. The molecule has 0 radical (unpaired) electrons. The molecule has 1 aromatic carbocycles. The highest BCUT2D eigenvalue weighted by Crippen LogP contribution is 2.13. The highest BCUT2D eigenvalue weighted by molar-refractivity contribution is 5.74. The normalized spacial score (nSPS) is 11.6. The van der Waals surface area contributed by atoms with E-state index in [9.17, 15) is 4.79 Å². The predicted molar refractivity (Wildman–Crippen MR) is 76.1 cm³/mol. The lowest BCUT2D eigenvalue weighted by atomic mass is 10.2. The Balaban J connectivity index is 2.16. The second-order valence-corrected chi connectivity index (χ2v) is 5.56. The fraction of sp³-hybridized carbons (Fsp3) is 0.500. The molecule has 6 heteroatoms. The van der Waals surface area contributed by atoms with Gasteiger partial charge in [-0.05, 0) is 39.8 Å². The highest BCUT2D eigenvalue weighted by atomic mass is 16.6. The number of fused-ring (bicyclic) bond motifs is 1. The Hall–Kier alpha value is -2.11. The zero-order chi connectivity index (χ0) is 14.8. The van der Waals surface area contributed by atoms with Crippen molar-refractivity contribution in [3.05, 3.63) is 24.3 Å². The molecule has 20 heavy (non-hydrogen) atoms. The van der Waals surface area contributed by atoms with Crippen LogP contribution < -0.4 is 0 Å². The maximum atomic E-state index is 12.1. The molecule has 0 fully saturated rings. The van der Waals surface area contributed by atoms with E-state index in [2.05, 4.69) is 10.3 Å². The molecule has 6 nitrogen and oxygen atoms in total. The van der Waals surface area contributed by atoms with Crippen LogP contribution in [0, 0.1) is 0 Å². The Morgan fingerprint density at radius 3 is 2.70 bits per heavy atom. The SMILES string of the molecule is CCN(Cn1nnc2ccccc21)C(=O)OC(C)(C)C. The van der Waals surface area contributed by atoms with Crippen molar-refractivity contribution in [1.29, 1.82) is 0 Å². The molecule has 0 saturated heterocycles. The summed E-state index contributed by atoms with van der Waals surface area (Å²) in [4.78, 5) is 13.7. The summed E-state index contributed by atoms with van der Waals surface area (Å²) >= 11 is 0. The number of carbonyl (C=O) groups is 1. The molecule has 0 unspecified atom stereocenters. The zero-order valence-corrected chi connectivity index (χ0v) is 12.3. The van der Waals surface area contributed by atoms with E-state index in [4.69, 9.17) is 4.74 Å². The Morgan fingerprint density at radius 2 is 2.05 bits per heavy atom. The van der Waals surface area contributed by atoms with Crippen LogP contribution in [0.15, 0.2) is 24.3 Å². The van der Waals surface area contributed by atoms with E-state index in [1.165, 1.54) is 0 Å². The first-order valence-electron chi connectivity index (χ1n) is 6.67. The average molecular weight is 276 g/mol. The van der Waals surface area contributed by atoms with E-state index in [0.717, 1.165) is 11.0 Å². The Kier molecular flexibility index (Phi) is 3.92. The molecule has 1 aromatic heterocycles. The van der Waals surface area contributed by atoms with Gasteiger partial charge in [0.2, 0.25) is 0 Å². The monoisotopic (exact) mass is 276 g/mol. The van der Waals surface area contributed by atoms with Crippen LogP contribution in [0.1, 0.15) is 27.7 Å². The summed E-state index contributed by atoms with van der Waals surface area (Å²) in [5.74, 6) is 0. The van der Waals surface area contributed by atoms with E-state index >= 15 is 0 Å². The number of rotatable bonds is 3. The number of ether oxygens (including phenoxy) is 1. The number of amides is 1. The number of nitrogens with zero attached hydrogens (tertiary/aromatic N) is 4. The second kappa shape index (κ2) is 5.48. The number of hydrogen-bond donors (Lipinski definition) is 0. The number of para-hydroxylation sites is 1. The van der Waals surface area contributed by atoms with Crippen molar-refractivity contribution in [1.82, 2.24) is 19.9 Å². The van der Waals surface area contributed by atoms with Gasteiger partial charge < -0.3 is 4.74 Å². The van der Waals surface area contributed by atoms with Gasteiger partial charge in [0.25, 0.3) is 0 Å².